The fourth-order valence-corrected chi connectivity index (χ4v) is 6.21. The van der Waals surface area contributed by atoms with E-state index >= 15 is 0 Å². The molecule has 1 aromatic carbocycles. The number of nitro groups is 3. The molecule has 0 bridgehead atoms. The average Bonchev–Trinajstić information content (AvgIpc) is 3.00. The van der Waals surface area contributed by atoms with Crippen molar-refractivity contribution in [2.75, 3.05) is 39.3 Å². The molecule has 0 aliphatic carbocycles. The van der Waals surface area contributed by atoms with E-state index < -0.39 is 46.8 Å². The van der Waals surface area contributed by atoms with Gasteiger partial charge in [-0.25, -0.2) is 0 Å². The number of benzene rings is 1. The topological polar surface area (TPSA) is 190 Å². The lowest BCUT2D eigenvalue weighted by molar-refractivity contribution is -0.407. The van der Waals surface area contributed by atoms with Gasteiger partial charge in [-0.3, -0.25) is 34.9 Å². The van der Waals surface area contributed by atoms with Gasteiger partial charge in [0, 0.05) is 0 Å². The Morgan fingerprint density at radius 2 is 1.11 bits per heavy atom. The van der Waals surface area contributed by atoms with Crippen LogP contribution >= 0.6 is 0 Å². The van der Waals surface area contributed by atoms with Crippen molar-refractivity contribution in [3.63, 3.8) is 0 Å². The number of nitrogens with zero attached hydrogens (tertiary/aromatic N) is 5. The van der Waals surface area contributed by atoms with Gasteiger partial charge in [-0.1, -0.05) is 78.1 Å². The number of non-ortho nitro benzene ring substituents is 1. The summed E-state index contributed by atoms with van der Waals surface area (Å²) in [6, 6.07) is 0.409. The van der Waals surface area contributed by atoms with Crippen LogP contribution in [-0.4, -0.2) is 76.8 Å². The summed E-state index contributed by atoms with van der Waals surface area (Å²) in [6.07, 6.45) is 22.9. The average molecular weight is 660 g/mol. The number of piperidine rings is 1. The molecule has 1 aliphatic heterocycles. The van der Waals surface area contributed by atoms with Crippen LogP contribution in [-0.2, 0) is 10.1 Å². The molecule has 1 saturated heterocycles. The molecule has 15 heteroatoms. The Morgan fingerprint density at radius 1 is 0.689 bits per heavy atom. The lowest BCUT2D eigenvalue weighted by Gasteiger charge is -2.26. The second-order valence-corrected chi connectivity index (χ2v) is 13.1. The number of likely N-dealkylation sites (tertiary alicyclic amines) is 1. The van der Waals surface area contributed by atoms with Crippen LogP contribution in [0.5, 0.6) is 0 Å². The first-order valence-corrected chi connectivity index (χ1v) is 17.9. The fourth-order valence-electron chi connectivity index (χ4n) is 5.42. The molecular weight excluding hydrogens is 606 g/mol. The number of rotatable bonds is 22. The Labute approximate surface area is 267 Å². The van der Waals surface area contributed by atoms with Gasteiger partial charge in [-0.15, -0.1) is 0 Å². The molecule has 1 N–H and O–H groups in total. The van der Waals surface area contributed by atoms with Crippen LogP contribution < -0.4 is 0 Å². The van der Waals surface area contributed by atoms with Gasteiger partial charge >= 0.3 is 21.5 Å². The normalized spacial score (nSPS) is 13.8. The monoisotopic (exact) mass is 659 g/mol. The van der Waals surface area contributed by atoms with Crippen molar-refractivity contribution in [2.24, 2.45) is 0 Å². The smallest absolute Gasteiger partial charge is 0.303 e. The Balaban J connectivity index is 0.000000472. The van der Waals surface area contributed by atoms with Gasteiger partial charge in [0.05, 0.1) is 26.9 Å². The van der Waals surface area contributed by atoms with E-state index in [-0.39, 0.29) is 12.1 Å². The molecule has 1 fully saturated rings. The maximum absolute atomic E-state index is 10.9. The molecule has 0 unspecified atom stereocenters. The van der Waals surface area contributed by atoms with Crippen molar-refractivity contribution < 1.29 is 27.7 Å². The molecule has 0 spiro atoms. The molecule has 1 aliphatic rings. The van der Waals surface area contributed by atoms with Gasteiger partial charge in [0.25, 0.3) is 5.69 Å². The van der Waals surface area contributed by atoms with Crippen molar-refractivity contribution in [2.45, 2.75) is 121 Å². The first-order valence-electron chi connectivity index (χ1n) is 16.5. The van der Waals surface area contributed by atoms with E-state index in [1.807, 2.05) is 0 Å². The molecule has 45 heavy (non-hydrogen) atoms. The third-order valence-corrected chi connectivity index (χ3v) is 8.88. The predicted molar refractivity (Wildman–Crippen MR) is 174 cm³/mol. The summed E-state index contributed by atoms with van der Waals surface area (Å²) in [5, 5.41) is 31.7. The maximum atomic E-state index is 10.9. The molecule has 0 saturated carbocycles. The summed E-state index contributed by atoms with van der Waals surface area (Å²) in [5.74, 6) is 0. The van der Waals surface area contributed by atoms with Crippen molar-refractivity contribution in [3.05, 3.63) is 42.5 Å². The standard InChI is InChI=1S/C24H50N2.C6H3N3O9S/c1-3-5-19-25(20-6-4-2)21-15-12-10-8-7-9-11-13-16-22-26-23-17-14-18-24-26;10-7(11)3-1-4(8(12)13)6(19(16,17)18)5(2-3)9(14)15/h3-24H2,1-2H3;1-2H,(H,16,17,18). The fraction of sp³-hybridized carbons (Fsp3) is 0.800. The van der Waals surface area contributed by atoms with Crippen molar-refractivity contribution in [1.82, 2.24) is 9.80 Å². The second kappa shape index (κ2) is 22.7. The maximum Gasteiger partial charge on any atom is 0.308 e. The van der Waals surface area contributed by atoms with Gasteiger partial charge in [-0.05, 0) is 77.8 Å². The minimum atomic E-state index is -5.30. The highest BCUT2D eigenvalue weighted by molar-refractivity contribution is 7.86. The van der Waals surface area contributed by atoms with E-state index in [2.05, 4.69) is 23.6 Å². The largest absolute Gasteiger partial charge is 0.308 e. The highest BCUT2D eigenvalue weighted by atomic mass is 32.2. The molecule has 0 aromatic heterocycles. The molecule has 0 radical (unpaired) electrons. The lowest BCUT2D eigenvalue weighted by Crippen LogP contribution is -2.30. The van der Waals surface area contributed by atoms with E-state index in [1.54, 1.807) is 0 Å². The van der Waals surface area contributed by atoms with E-state index in [4.69, 9.17) is 4.55 Å². The molecule has 14 nitrogen and oxygen atoms in total. The number of nitro benzene ring substituents is 3. The molecule has 2 rings (SSSR count). The summed E-state index contributed by atoms with van der Waals surface area (Å²) in [7, 11) is -5.30. The van der Waals surface area contributed by atoms with Gasteiger partial charge in [-0.2, -0.15) is 8.42 Å². The Hall–Kier alpha value is -2.75. The summed E-state index contributed by atoms with van der Waals surface area (Å²) in [4.78, 5) is 31.5. The highest BCUT2D eigenvalue weighted by Gasteiger charge is 2.37. The first kappa shape index (κ1) is 40.3. The number of unbranched alkanes of at least 4 members (excludes halogenated alkanes) is 10. The van der Waals surface area contributed by atoms with E-state index in [0.29, 0.717) is 0 Å². The van der Waals surface area contributed by atoms with Crippen LogP contribution in [0, 0.1) is 30.3 Å². The quantitative estimate of drug-likeness (QED) is 0.0559. The van der Waals surface area contributed by atoms with Crippen LogP contribution in [0.3, 0.4) is 0 Å². The molecule has 1 aromatic rings. The number of hydrogen-bond acceptors (Lipinski definition) is 10. The molecule has 1 heterocycles. The van der Waals surface area contributed by atoms with Gasteiger partial charge < -0.3 is 9.80 Å². The first-order chi connectivity index (χ1) is 21.4. The summed E-state index contributed by atoms with van der Waals surface area (Å²) >= 11 is 0. The van der Waals surface area contributed by atoms with Gasteiger partial charge in [0.1, 0.15) is 0 Å². The van der Waals surface area contributed by atoms with E-state index in [0.717, 1.165) is 0 Å². The summed E-state index contributed by atoms with van der Waals surface area (Å²) < 4.78 is 30.7. The zero-order chi connectivity index (χ0) is 33.7. The highest BCUT2D eigenvalue weighted by Crippen LogP contribution is 2.36. The SMILES string of the molecule is CCCCN(CCCC)CCCCCCCCCCCN1CCCCC1.O=[N+]([O-])c1cc([N+](=O)[O-])c(S(=O)(=O)O)c([N+](=O)[O-])c1. The van der Waals surface area contributed by atoms with Crippen molar-refractivity contribution >= 4 is 27.2 Å². The Bertz CT molecular complexity index is 1100. The Morgan fingerprint density at radius 3 is 1.51 bits per heavy atom. The second-order valence-electron chi connectivity index (χ2n) is 11.7. The Kier molecular flexibility index (Phi) is 20.3. The van der Waals surface area contributed by atoms with Gasteiger partial charge in [0.2, 0.25) is 4.90 Å². The third-order valence-electron chi connectivity index (χ3n) is 7.95. The predicted octanol–water partition coefficient (Wildman–Crippen LogP) is 7.54. The number of hydrogen-bond donors (Lipinski definition) is 1. The lowest BCUT2D eigenvalue weighted by atomic mass is 10.1. The molecule has 0 amide bonds. The van der Waals surface area contributed by atoms with Crippen molar-refractivity contribution in [1.29, 1.82) is 0 Å². The zero-order valence-electron chi connectivity index (χ0n) is 27.1. The molecule has 0 atom stereocenters. The van der Waals surface area contributed by atoms with Crippen LogP contribution in [0.15, 0.2) is 17.0 Å². The van der Waals surface area contributed by atoms with Crippen molar-refractivity contribution in [3.8, 4) is 0 Å². The summed E-state index contributed by atoms with van der Waals surface area (Å²) in [6.45, 7) is 12.7. The zero-order valence-corrected chi connectivity index (χ0v) is 27.9. The molecule has 258 valence electrons. The van der Waals surface area contributed by atoms with Crippen LogP contribution in [0.2, 0.25) is 0 Å². The minimum absolute atomic E-state index is 0.204. The van der Waals surface area contributed by atoms with E-state index in [1.165, 1.54) is 142 Å². The molecular formula is C30H53N5O9S. The van der Waals surface area contributed by atoms with Crippen LogP contribution in [0.1, 0.15) is 117 Å². The third kappa shape index (κ3) is 16.9. The minimum Gasteiger partial charge on any atom is -0.303 e. The van der Waals surface area contributed by atoms with Crippen LogP contribution in [0.25, 0.3) is 0 Å². The van der Waals surface area contributed by atoms with Crippen LogP contribution in [0.4, 0.5) is 17.1 Å². The summed E-state index contributed by atoms with van der Waals surface area (Å²) in [5.41, 5.74) is -3.96. The van der Waals surface area contributed by atoms with E-state index in [9.17, 15) is 38.8 Å². The van der Waals surface area contributed by atoms with Gasteiger partial charge in [0.15, 0.2) is 0 Å².